The Hall–Kier alpha value is -2.12. The highest BCUT2D eigenvalue weighted by Crippen LogP contribution is 2.38. The van der Waals surface area contributed by atoms with E-state index in [9.17, 15) is 0 Å². The van der Waals surface area contributed by atoms with Gasteiger partial charge in [0, 0.05) is 0 Å². The van der Waals surface area contributed by atoms with Gasteiger partial charge in [-0.2, -0.15) is 0 Å². The Morgan fingerprint density at radius 2 is 1.41 bits per heavy atom. The van der Waals surface area contributed by atoms with Gasteiger partial charge in [0.1, 0.15) is 0 Å². The SMILES string of the molecule is CC=CCCC1CCC(c2ccc(-c3ccc(COCC=CC)cc3)cc2)CC1. The van der Waals surface area contributed by atoms with Crippen LogP contribution in [0.25, 0.3) is 11.1 Å². The highest BCUT2D eigenvalue weighted by Gasteiger charge is 2.21. The van der Waals surface area contributed by atoms with E-state index in [4.69, 9.17) is 4.74 Å². The summed E-state index contributed by atoms with van der Waals surface area (Å²) in [5.41, 5.74) is 5.33. The molecule has 2 aromatic rings. The van der Waals surface area contributed by atoms with Crippen molar-refractivity contribution in [1.29, 1.82) is 0 Å². The molecule has 2 aromatic carbocycles. The monoisotopic (exact) mass is 388 g/mol. The molecule has 1 saturated carbocycles. The lowest BCUT2D eigenvalue weighted by Gasteiger charge is -2.28. The molecule has 0 spiro atoms. The lowest BCUT2D eigenvalue weighted by Crippen LogP contribution is -2.13. The fourth-order valence-electron chi connectivity index (χ4n) is 4.37. The molecule has 154 valence electrons. The molecule has 1 heteroatoms. The summed E-state index contributed by atoms with van der Waals surface area (Å²) in [6, 6.07) is 18.1. The largest absolute Gasteiger partial charge is 0.373 e. The number of ether oxygens (including phenoxy) is 1. The minimum atomic E-state index is 0.668. The average molecular weight is 389 g/mol. The summed E-state index contributed by atoms with van der Waals surface area (Å²) >= 11 is 0. The van der Waals surface area contributed by atoms with E-state index in [0.717, 1.165) is 11.8 Å². The smallest absolute Gasteiger partial charge is 0.0721 e. The van der Waals surface area contributed by atoms with Crippen LogP contribution in [0.4, 0.5) is 0 Å². The second kappa shape index (κ2) is 11.8. The molecule has 0 amide bonds. The second-order valence-electron chi connectivity index (χ2n) is 8.27. The Labute approximate surface area is 177 Å². The molecule has 0 unspecified atom stereocenters. The minimum Gasteiger partial charge on any atom is -0.373 e. The molecule has 0 aliphatic heterocycles. The summed E-state index contributed by atoms with van der Waals surface area (Å²) in [5.74, 6) is 1.68. The predicted molar refractivity (Wildman–Crippen MR) is 125 cm³/mol. The van der Waals surface area contributed by atoms with Crippen molar-refractivity contribution in [1.82, 2.24) is 0 Å². The summed E-state index contributed by atoms with van der Waals surface area (Å²) in [7, 11) is 0. The van der Waals surface area contributed by atoms with Gasteiger partial charge in [0.05, 0.1) is 13.2 Å². The standard InChI is InChI=1S/C28H36O/c1-3-5-7-8-23-9-13-25(14-10-23)27-17-19-28(20-18-27)26-15-11-24(12-16-26)22-29-21-6-4-2/h3-6,11-12,15-20,23,25H,7-10,13-14,21-22H2,1-2H3. The Kier molecular flexibility index (Phi) is 8.77. The van der Waals surface area contributed by atoms with Crippen LogP contribution >= 0.6 is 0 Å². The van der Waals surface area contributed by atoms with Crippen LogP contribution in [0.2, 0.25) is 0 Å². The van der Waals surface area contributed by atoms with E-state index in [1.165, 1.54) is 60.8 Å². The number of rotatable bonds is 9. The molecule has 1 aliphatic carbocycles. The van der Waals surface area contributed by atoms with Crippen molar-refractivity contribution in [2.45, 2.75) is 64.9 Å². The third-order valence-electron chi connectivity index (χ3n) is 6.21. The van der Waals surface area contributed by atoms with Gasteiger partial charge in [-0.3, -0.25) is 0 Å². The first kappa shape index (κ1) is 21.6. The first-order valence-corrected chi connectivity index (χ1v) is 11.3. The molecule has 1 nitrogen and oxygen atoms in total. The van der Waals surface area contributed by atoms with E-state index in [1.807, 2.05) is 19.1 Å². The van der Waals surface area contributed by atoms with Crippen molar-refractivity contribution < 1.29 is 4.74 Å². The summed E-state index contributed by atoms with van der Waals surface area (Å²) < 4.78 is 5.63. The first-order valence-electron chi connectivity index (χ1n) is 11.3. The van der Waals surface area contributed by atoms with E-state index < -0.39 is 0 Å². The van der Waals surface area contributed by atoms with Gasteiger partial charge in [0.25, 0.3) is 0 Å². The molecule has 1 fully saturated rings. The maximum Gasteiger partial charge on any atom is 0.0721 e. The molecular weight excluding hydrogens is 352 g/mol. The molecule has 0 heterocycles. The Balaban J connectivity index is 1.51. The Morgan fingerprint density at radius 3 is 2.03 bits per heavy atom. The van der Waals surface area contributed by atoms with Crippen molar-refractivity contribution in [3.8, 4) is 11.1 Å². The fourth-order valence-corrected chi connectivity index (χ4v) is 4.37. The van der Waals surface area contributed by atoms with Gasteiger partial charge in [-0.25, -0.2) is 0 Å². The molecule has 29 heavy (non-hydrogen) atoms. The van der Waals surface area contributed by atoms with Crippen LogP contribution in [0.1, 0.15) is 69.4 Å². The maximum absolute atomic E-state index is 5.63. The maximum atomic E-state index is 5.63. The third-order valence-corrected chi connectivity index (χ3v) is 6.21. The van der Waals surface area contributed by atoms with Crippen molar-refractivity contribution in [3.63, 3.8) is 0 Å². The summed E-state index contributed by atoms with van der Waals surface area (Å²) in [6.45, 7) is 5.48. The van der Waals surface area contributed by atoms with Crippen LogP contribution in [0.3, 0.4) is 0 Å². The van der Waals surface area contributed by atoms with Gasteiger partial charge in [0.2, 0.25) is 0 Å². The molecule has 3 rings (SSSR count). The molecular formula is C28H36O. The van der Waals surface area contributed by atoms with E-state index in [1.54, 1.807) is 0 Å². The normalized spacial score (nSPS) is 19.9. The van der Waals surface area contributed by atoms with Crippen LogP contribution in [0, 0.1) is 5.92 Å². The van der Waals surface area contributed by atoms with Crippen LogP contribution in [0.5, 0.6) is 0 Å². The Bertz CT molecular complexity index is 759. The number of benzene rings is 2. The lowest BCUT2D eigenvalue weighted by molar-refractivity contribution is 0.148. The predicted octanol–water partition coefficient (Wildman–Crippen LogP) is 8.08. The zero-order valence-corrected chi connectivity index (χ0v) is 18.1. The highest BCUT2D eigenvalue weighted by molar-refractivity contribution is 5.64. The molecule has 0 radical (unpaired) electrons. The highest BCUT2D eigenvalue weighted by atomic mass is 16.5. The van der Waals surface area contributed by atoms with E-state index in [0.29, 0.717) is 13.2 Å². The fraction of sp³-hybridized carbons (Fsp3) is 0.429. The van der Waals surface area contributed by atoms with Gasteiger partial charge >= 0.3 is 0 Å². The van der Waals surface area contributed by atoms with Crippen LogP contribution in [-0.2, 0) is 11.3 Å². The summed E-state index contributed by atoms with van der Waals surface area (Å²) in [5, 5.41) is 0. The lowest BCUT2D eigenvalue weighted by atomic mass is 9.77. The van der Waals surface area contributed by atoms with Gasteiger partial charge < -0.3 is 4.74 Å². The summed E-state index contributed by atoms with van der Waals surface area (Å²) in [6.07, 6.45) is 16.6. The zero-order chi connectivity index (χ0) is 20.3. The number of hydrogen-bond acceptors (Lipinski definition) is 1. The summed E-state index contributed by atoms with van der Waals surface area (Å²) in [4.78, 5) is 0. The van der Waals surface area contributed by atoms with Gasteiger partial charge in [-0.05, 0) is 86.5 Å². The van der Waals surface area contributed by atoms with Gasteiger partial charge in [-0.1, -0.05) is 72.8 Å². The molecule has 0 saturated heterocycles. The van der Waals surface area contributed by atoms with E-state index >= 15 is 0 Å². The van der Waals surface area contributed by atoms with Gasteiger partial charge in [0.15, 0.2) is 0 Å². The molecule has 0 atom stereocenters. The van der Waals surface area contributed by atoms with Crippen molar-refractivity contribution in [3.05, 3.63) is 84.0 Å². The van der Waals surface area contributed by atoms with Crippen molar-refractivity contribution in [2.75, 3.05) is 6.61 Å². The first-order chi connectivity index (χ1) is 14.3. The topological polar surface area (TPSA) is 9.23 Å². The van der Waals surface area contributed by atoms with E-state index in [2.05, 4.69) is 67.6 Å². The van der Waals surface area contributed by atoms with Gasteiger partial charge in [-0.15, -0.1) is 0 Å². The minimum absolute atomic E-state index is 0.668. The quantitative estimate of drug-likeness (QED) is 0.311. The molecule has 0 N–H and O–H groups in total. The van der Waals surface area contributed by atoms with E-state index in [-0.39, 0.29) is 0 Å². The van der Waals surface area contributed by atoms with Crippen LogP contribution in [-0.4, -0.2) is 6.61 Å². The molecule has 0 aromatic heterocycles. The number of allylic oxidation sites excluding steroid dienone is 3. The Morgan fingerprint density at radius 1 is 0.793 bits per heavy atom. The van der Waals surface area contributed by atoms with Crippen molar-refractivity contribution >= 4 is 0 Å². The van der Waals surface area contributed by atoms with Crippen LogP contribution < -0.4 is 0 Å². The number of hydrogen-bond donors (Lipinski definition) is 0. The van der Waals surface area contributed by atoms with Crippen LogP contribution in [0.15, 0.2) is 72.8 Å². The molecule has 0 bridgehead atoms. The molecule has 1 aliphatic rings. The second-order valence-corrected chi connectivity index (χ2v) is 8.27. The average Bonchev–Trinajstić information content (AvgIpc) is 2.78. The van der Waals surface area contributed by atoms with Crippen molar-refractivity contribution in [2.24, 2.45) is 5.92 Å². The third kappa shape index (κ3) is 6.72. The zero-order valence-electron chi connectivity index (χ0n) is 18.1.